The smallest absolute Gasteiger partial charge is 0.313 e. The highest BCUT2D eigenvalue weighted by atomic mass is 32.2. The van der Waals surface area contributed by atoms with Crippen LogP contribution in [0.2, 0.25) is 0 Å². The molecule has 7 heteroatoms. The average Bonchev–Trinajstić information content (AvgIpc) is 2.57. The van der Waals surface area contributed by atoms with Crippen LogP contribution in [0, 0.1) is 5.41 Å². The average molecular weight is 303 g/mol. The fraction of sp³-hybridized carbons (Fsp3) is 0.750. The highest BCUT2D eigenvalue weighted by Gasteiger charge is 2.26. The summed E-state index contributed by atoms with van der Waals surface area (Å²) >= 11 is 2.59. The normalized spacial score (nSPS) is 12.5. The second-order valence-electron chi connectivity index (χ2n) is 6.30. The van der Waals surface area contributed by atoms with Crippen molar-refractivity contribution in [1.29, 1.82) is 0 Å². The molecule has 108 valence electrons. The summed E-state index contributed by atoms with van der Waals surface area (Å²) in [6.45, 7) is 10.9. The molecule has 1 rings (SSSR count). The Balaban J connectivity index is 2.60. The molecule has 0 amide bonds. The number of carboxylic acids is 1. The third-order valence-corrected chi connectivity index (χ3v) is 4.10. The minimum Gasteiger partial charge on any atom is -0.481 e. The number of carboxylic acid groups (broad SMARTS) is 1. The third kappa shape index (κ3) is 6.77. The largest absolute Gasteiger partial charge is 0.481 e. The van der Waals surface area contributed by atoms with E-state index in [1.165, 1.54) is 23.1 Å². The van der Waals surface area contributed by atoms with Crippen LogP contribution >= 0.6 is 23.1 Å². The molecule has 1 aromatic heterocycles. The van der Waals surface area contributed by atoms with Gasteiger partial charge in [-0.2, -0.15) is 0 Å². The van der Waals surface area contributed by atoms with E-state index in [-0.39, 0.29) is 16.7 Å². The zero-order chi connectivity index (χ0) is 14.7. The van der Waals surface area contributed by atoms with Gasteiger partial charge in [-0.15, -0.1) is 10.2 Å². The molecule has 5 nitrogen and oxygen atoms in total. The topological polar surface area (TPSA) is 75.1 Å². The van der Waals surface area contributed by atoms with Crippen LogP contribution in [0.1, 0.15) is 41.0 Å². The molecule has 0 aliphatic heterocycles. The second kappa shape index (κ2) is 6.09. The van der Waals surface area contributed by atoms with Crippen molar-refractivity contribution >= 4 is 34.2 Å². The Morgan fingerprint density at radius 2 is 1.95 bits per heavy atom. The number of thioether (sulfide) groups is 1. The Kier molecular flexibility index (Phi) is 5.20. The Morgan fingerprint density at radius 3 is 2.47 bits per heavy atom. The van der Waals surface area contributed by atoms with E-state index in [2.05, 4.69) is 50.1 Å². The predicted molar refractivity (Wildman–Crippen MR) is 80.0 cm³/mol. The first-order chi connectivity index (χ1) is 8.57. The van der Waals surface area contributed by atoms with E-state index in [1.54, 1.807) is 0 Å². The van der Waals surface area contributed by atoms with Gasteiger partial charge in [0.1, 0.15) is 0 Å². The van der Waals surface area contributed by atoms with Gasteiger partial charge in [0.05, 0.1) is 5.75 Å². The van der Waals surface area contributed by atoms with Crippen molar-refractivity contribution in [3.63, 3.8) is 0 Å². The van der Waals surface area contributed by atoms with Gasteiger partial charge in [0.25, 0.3) is 0 Å². The Hall–Kier alpha value is -0.820. The van der Waals surface area contributed by atoms with Crippen molar-refractivity contribution in [2.75, 3.05) is 11.1 Å². The van der Waals surface area contributed by atoms with Gasteiger partial charge >= 0.3 is 5.97 Å². The minimum atomic E-state index is -0.845. The lowest BCUT2D eigenvalue weighted by molar-refractivity contribution is -0.133. The van der Waals surface area contributed by atoms with Gasteiger partial charge in [-0.25, -0.2) is 0 Å². The number of aromatic nitrogens is 2. The molecular formula is C12H21N3O2S2. The van der Waals surface area contributed by atoms with E-state index in [1.807, 2.05) is 0 Å². The van der Waals surface area contributed by atoms with E-state index in [4.69, 9.17) is 5.11 Å². The molecule has 0 unspecified atom stereocenters. The molecule has 0 fully saturated rings. The lowest BCUT2D eigenvalue weighted by Gasteiger charge is -2.32. The molecule has 0 saturated heterocycles. The van der Waals surface area contributed by atoms with Crippen LogP contribution in [-0.2, 0) is 4.79 Å². The van der Waals surface area contributed by atoms with Crippen LogP contribution in [-0.4, -0.2) is 32.6 Å². The van der Waals surface area contributed by atoms with Crippen molar-refractivity contribution in [2.24, 2.45) is 5.41 Å². The number of nitrogens with zero attached hydrogens (tertiary/aromatic N) is 2. The van der Waals surface area contributed by atoms with Gasteiger partial charge in [-0.05, 0) is 25.7 Å². The summed E-state index contributed by atoms with van der Waals surface area (Å²) in [6.07, 6.45) is 0.997. The molecule has 0 spiro atoms. The second-order valence-corrected chi connectivity index (χ2v) is 8.50. The zero-order valence-electron chi connectivity index (χ0n) is 12.0. The maximum atomic E-state index is 10.5. The van der Waals surface area contributed by atoms with Gasteiger partial charge in [0.2, 0.25) is 5.13 Å². The third-order valence-electron chi connectivity index (χ3n) is 2.14. The summed E-state index contributed by atoms with van der Waals surface area (Å²) < 4.78 is 0.677. The molecule has 19 heavy (non-hydrogen) atoms. The number of rotatable bonds is 6. The molecule has 1 heterocycles. The lowest BCUT2D eigenvalue weighted by Crippen LogP contribution is -2.35. The van der Waals surface area contributed by atoms with Crippen molar-refractivity contribution in [1.82, 2.24) is 10.2 Å². The summed E-state index contributed by atoms with van der Waals surface area (Å²) in [5, 5.41) is 20.7. The number of hydrogen-bond acceptors (Lipinski definition) is 6. The van der Waals surface area contributed by atoms with Gasteiger partial charge in [0.15, 0.2) is 4.34 Å². The fourth-order valence-corrected chi connectivity index (χ4v) is 3.75. The summed E-state index contributed by atoms with van der Waals surface area (Å²) in [7, 11) is 0. The quantitative estimate of drug-likeness (QED) is 0.785. The first-order valence-corrected chi connectivity index (χ1v) is 7.84. The van der Waals surface area contributed by atoms with Crippen LogP contribution in [0.4, 0.5) is 5.13 Å². The van der Waals surface area contributed by atoms with E-state index in [0.717, 1.165) is 11.6 Å². The number of hydrogen-bond donors (Lipinski definition) is 2. The van der Waals surface area contributed by atoms with Crippen LogP contribution in [0.15, 0.2) is 4.34 Å². The zero-order valence-corrected chi connectivity index (χ0v) is 13.6. The standard InChI is InChI=1S/C12H21N3O2S2/c1-11(2,3)7-12(4,5)13-9-14-15-10(19-9)18-6-8(16)17/h6-7H2,1-5H3,(H,13,14)(H,16,17). The molecule has 0 aromatic carbocycles. The summed E-state index contributed by atoms with van der Waals surface area (Å²) in [5.74, 6) is -0.831. The van der Waals surface area contributed by atoms with Gasteiger partial charge < -0.3 is 10.4 Å². The van der Waals surface area contributed by atoms with Crippen LogP contribution < -0.4 is 5.32 Å². The Labute approximate surface area is 122 Å². The molecular weight excluding hydrogens is 282 g/mol. The van der Waals surface area contributed by atoms with Crippen molar-refractivity contribution in [3.8, 4) is 0 Å². The molecule has 0 aliphatic rings. The maximum Gasteiger partial charge on any atom is 0.313 e. The van der Waals surface area contributed by atoms with E-state index in [9.17, 15) is 4.79 Å². The molecule has 1 aromatic rings. The molecule has 0 bridgehead atoms. The van der Waals surface area contributed by atoms with Gasteiger partial charge in [0, 0.05) is 5.54 Å². The van der Waals surface area contributed by atoms with E-state index < -0.39 is 5.97 Å². The van der Waals surface area contributed by atoms with Gasteiger partial charge in [-0.3, -0.25) is 4.79 Å². The highest BCUT2D eigenvalue weighted by molar-refractivity contribution is 8.01. The predicted octanol–water partition coefficient (Wildman–Crippen LogP) is 3.34. The van der Waals surface area contributed by atoms with Gasteiger partial charge in [-0.1, -0.05) is 43.9 Å². The summed E-state index contributed by atoms with van der Waals surface area (Å²) in [6, 6.07) is 0. The van der Waals surface area contributed by atoms with E-state index >= 15 is 0 Å². The molecule has 0 saturated carbocycles. The van der Waals surface area contributed by atoms with Crippen molar-refractivity contribution in [3.05, 3.63) is 0 Å². The van der Waals surface area contributed by atoms with Crippen molar-refractivity contribution in [2.45, 2.75) is 50.9 Å². The van der Waals surface area contributed by atoms with Crippen molar-refractivity contribution < 1.29 is 9.90 Å². The van der Waals surface area contributed by atoms with Crippen LogP contribution in [0.3, 0.4) is 0 Å². The number of nitrogens with one attached hydrogen (secondary N) is 1. The molecule has 2 N–H and O–H groups in total. The Morgan fingerprint density at radius 1 is 1.32 bits per heavy atom. The number of anilines is 1. The van der Waals surface area contributed by atoms with Crippen LogP contribution in [0.5, 0.6) is 0 Å². The van der Waals surface area contributed by atoms with Crippen LogP contribution in [0.25, 0.3) is 0 Å². The molecule has 0 atom stereocenters. The Bertz CT molecular complexity index is 438. The minimum absolute atomic E-state index is 0.0139. The lowest BCUT2D eigenvalue weighted by atomic mass is 9.82. The molecule has 0 aliphatic carbocycles. The fourth-order valence-electron chi connectivity index (χ4n) is 2.10. The summed E-state index contributed by atoms with van der Waals surface area (Å²) in [4.78, 5) is 10.5. The first-order valence-electron chi connectivity index (χ1n) is 6.04. The highest BCUT2D eigenvalue weighted by Crippen LogP contribution is 2.32. The maximum absolute atomic E-state index is 10.5. The summed E-state index contributed by atoms with van der Waals surface area (Å²) in [5.41, 5.74) is 0.147. The SMILES string of the molecule is CC(C)(C)CC(C)(C)Nc1nnc(SCC(=O)O)s1. The number of aliphatic carboxylic acids is 1. The molecule has 0 radical (unpaired) electrons. The monoisotopic (exact) mass is 303 g/mol. The first kappa shape index (κ1) is 16.2. The van der Waals surface area contributed by atoms with E-state index in [0.29, 0.717) is 4.34 Å². The number of carbonyl (C=O) groups is 1.